The van der Waals surface area contributed by atoms with Crippen molar-refractivity contribution in [1.29, 1.82) is 0 Å². The molecule has 0 atom stereocenters. The standard InChI is InChI=1S/C10H20N4O2S/c1-3-11-6-5-7-13-17(15,16)10-8-14(4-2)9-12-10/h8-9,11,13H,3-7H2,1-2H3. The maximum Gasteiger partial charge on any atom is 0.259 e. The van der Waals surface area contributed by atoms with Gasteiger partial charge in [-0.05, 0) is 26.4 Å². The maximum absolute atomic E-state index is 11.8. The minimum atomic E-state index is -3.45. The first-order valence-corrected chi connectivity index (χ1v) is 7.30. The number of nitrogens with zero attached hydrogens (tertiary/aromatic N) is 2. The molecule has 0 aliphatic carbocycles. The summed E-state index contributed by atoms with van der Waals surface area (Å²) < 4.78 is 27.8. The van der Waals surface area contributed by atoms with Crippen LogP contribution in [0.3, 0.4) is 0 Å². The number of rotatable bonds is 8. The molecule has 2 N–H and O–H groups in total. The summed E-state index contributed by atoms with van der Waals surface area (Å²) in [5.41, 5.74) is 0. The van der Waals surface area contributed by atoms with Crippen molar-refractivity contribution in [3.8, 4) is 0 Å². The van der Waals surface area contributed by atoms with Crippen LogP contribution >= 0.6 is 0 Å². The van der Waals surface area contributed by atoms with Crippen LogP contribution in [0.4, 0.5) is 0 Å². The Labute approximate surface area is 102 Å². The van der Waals surface area contributed by atoms with E-state index in [-0.39, 0.29) is 5.03 Å². The molecule has 1 aromatic rings. The molecular weight excluding hydrogens is 240 g/mol. The molecule has 7 heteroatoms. The first-order valence-electron chi connectivity index (χ1n) is 5.82. The Morgan fingerprint density at radius 2 is 2.12 bits per heavy atom. The van der Waals surface area contributed by atoms with Crippen LogP contribution in [0.1, 0.15) is 20.3 Å². The van der Waals surface area contributed by atoms with Crippen molar-refractivity contribution < 1.29 is 8.42 Å². The molecule has 0 saturated carbocycles. The molecule has 1 heterocycles. The molecule has 0 bridgehead atoms. The molecule has 0 aliphatic rings. The molecule has 1 rings (SSSR count). The van der Waals surface area contributed by atoms with Gasteiger partial charge in [0, 0.05) is 19.3 Å². The number of imidazole rings is 1. The second-order valence-electron chi connectivity index (χ2n) is 3.65. The Balaban J connectivity index is 2.45. The Hall–Kier alpha value is -0.920. The summed E-state index contributed by atoms with van der Waals surface area (Å²) in [6.07, 6.45) is 3.82. The van der Waals surface area contributed by atoms with Crippen molar-refractivity contribution in [1.82, 2.24) is 19.6 Å². The monoisotopic (exact) mass is 260 g/mol. The zero-order valence-corrected chi connectivity index (χ0v) is 11.1. The SMILES string of the molecule is CCNCCCNS(=O)(=O)c1cn(CC)cn1. The van der Waals surface area contributed by atoms with Gasteiger partial charge in [0.1, 0.15) is 0 Å². The van der Waals surface area contributed by atoms with E-state index in [2.05, 4.69) is 15.0 Å². The Morgan fingerprint density at radius 3 is 2.71 bits per heavy atom. The fourth-order valence-corrected chi connectivity index (χ4v) is 2.34. The zero-order chi connectivity index (χ0) is 12.7. The van der Waals surface area contributed by atoms with Gasteiger partial charge in [-0.3, -0.25) is 0 Å². The van der Waals surface area contributed by atoms with E-state index in [1.807, 2.05) is 13.8 Å². The molecule has 0 spiro atoms. The smallest absolute Gasteiger partial charge is 0.259 e. The lowest BCUT2D eigenvalue weighted by atomic mass is 10.4. The normalized spacial score (nSPS) is 11.9. The van der Waals surface area contributed by atoms with Gasteiger partial charge in [0.2, 0.25) is 0 Å². The molecule has 0 aliphatic heterocycles. The second kappa shape index (κ2) is 6.73. The lowest BCUT2D eigenvalue weighted by Gasteiger charge is -2.04. The quantitative estimate of drug-likeness (QED) is 0.654. The average molecular weight is 260 g/mol. The van der Waals surface area contributed by atoms with Crippen molar-refractivity contribution in [3.05, 3.63) is 12.5 Å². The highest BCUT2D eigenvalue weighted by molar-refractivity contribution is 7.89. The van der Waals surface area contributed by atoms with Gasteiger partial charge < -0.3 is 9.88 Å². The number of hydrogen-bond donors (Lipinski definition) is 2. The van der Waals surface area contributed by atoms with Crippen molar-refractivity contribution in [3.63, 3.8) is 0 Å². The third-order valence-corrected chi connectivity index (χ3v) is 3.67. The highest BCUT2D eigenvalue weighted by Crippen LogP contribution is 2.04. The van der Waals surface area contributed by atoms with Gasteiger partial charge in [-0.15, -0.1) is 0 Å². The lowest BCUT2D eigenvalue weighted by Crippen LogP contribution is -2.27. The number of aryl methyl sites for hydroxylation is 1. The molecule has 1 aromatic heterocycles. The predicted octanol–water partition coefficient (Wildman–Crippen LogP) is 0.181. The average Bonchev–Trinajstić information content (AvgIpc) is 2.78. The van der Waals surface area contributed by atoms with Gasteiger partial charge in [-0.25, -0.2) is 18.1 Å². The lowest BCUT2D eigenvalue weighted by molar-refractivity contribution is 0.572. The van der Waals surface area contributed by atoms with Crippen LogP contribution in [-0.4, -0.2) is 37.6 Å². The number of sulfonamides is 1. The van der Waals surface area contributed by atoms with Crippen LogP contribution in [0.25, 0.3) is 0 Å². The predicted molar refractivity (Wildman–Crippen MR) is 66.3 cm³/mol. The van der Waals surface area contributed by atoms with Crippen LogP contribution in [0.5, 0.6) is 0 Å². The van der Waals surface area contributed by atoms with Gasteiger partial charge >= 0.3 is 0 Å². The van der Waals surface area contributed by atoms with Gasteiger partial charge in [0.05, 0.1) is 6.33 Å². The van der Waals surface area contributed by atoms with E-state index in [9.17, 15) is 8.42 Å². The van der Waals surface area contributed by atoms with Crippen molar-refractivity contribution in [2.45, 2.75) is 31.8 Å². The Bertz CT molecular complexity index is 427. The van der Waals surface area contributed by atoms with E-state index in [0.717, 1.165) is 19.5 Å². The molecular formula is C10H20N4O2S. The van der Waals surface area contributed by atoms with Crippen LogP contribution in [0.2, 0.25) is 0 Å². The molecule has 0 aromatic carbocycles. The van der Waals surface area contributed by atoms with Crippen molar-refractivity contribution in [2.24, 2.45) is 0 Å². The number of nitrogens with one attached hydrogen (secondary N) is 2. The summed E-state index contributed by atoms with van der Waals surface area (Å²) in [5.74, 6) is 0. The van der Waals surface area contributed by atoms with Crippen molar-refractivity contribution in [2.75, 3.05) is 19.6 Å². The molecule has 17 heavy (non-hydrogen) atoms. The Kier molecular flexibility index (Phi) is 5.60. The Morgan fingerprint density at radius 1 is 1.35 bits per heavy atom. The highest BCUT2D eigenvalue weighted by atomic mass is 32.2. The van der Waals surface area contributed by atoms with Crippen LogP contribution in [0, 0.1) is 0 Å². The topological polar surface area (TPSA) is 76.0 Å². The number of hydrogen-bond acceptors (Lipinski definition) is 4. The number of aromatic nitrogens is 2. The van der Waals surface area contributed by atoms with E-state index >= 15 is 0 Å². The third kappa shape index (κ3) is 4.45. The summed E-state index contributed by atoms with van der Waals surface area (Å²) in [7, 11) is -3.45. The summed E-state index contributed by atoms with van der Waals surface area (Å²) >= 11 is 0. The van der Waals surface area contributed by atoms with E-state index in [4.69, 9.17) is 0 Å². The largest absolute Gasteiger partial charge is 0.336 e. The molecule has 0 fully saturated rings. The van der Waals surface area contributed by atoms with Crippen LogP contribution in [0.15, 0.2) is 17.6 Å². The van der Waals surface area contributed by atoms with E-state index in [1.165, 1.54) is 12.5 Å². The summed E-state index contributed by atoms with van der Waals surface area (Å²) in [6, 6.07) is 0. The van der Waals surface area contributed by atoms with Gasteiger partial charge in [-0.1, -0.05) is 6.92 Å². The second-order valence-corrected chi connectivity index (χ2v) is 5.36. The molecule has 0 saturated heterocycles. The molecule has 0 amide bonds. The van der Waals surface area contributed by atoms with Gasteiger partial charge in [0.25, 0.3) is 10.0 Å². The molecule has 0 unspecified atom stereocenters. The third-order valence-electron chi connectivity index (χ3n) is 2.32. The molecule has 6 nitrogen and oxygen atoms in total. The molecule has 0 radical (unpaired) electrons. The summed E-state index contributed by atoms with van der Waals surface area (Å²) in [6.45, 7) is 6.79. The fraction of sp³-hybridized carbons (Fsp3) is 0.700. The van der Waals surface area contributed by atoms with Crippen LogP contribution < -0.4 is 10.0 Å². The van der Waals surface area contributed by atoms with Crippen molar-refractivity contribution >= 4 is 10.0 Å². The van der Waals surface area contributed by atoms with E-state index in [0.29, 0.717) is 13.1 Å². The minimum absolute atomic E-state index is 0.0859. The fourth-order valence-electron chi connectivity index (χ4n) is 1.32. The molecule has 98 valence electrons. The summed E-state index contributed by atoms with van der Waals surface area (Å²) in [4.78, 5) is 3.87. The minimum Gasteiger partial charge on any atom is -0.336 e. The summed E-state index contributed by atoms with van der Waals surface area (Å²) in [5, 5.41) is 3.22. The van der Waals surface area contributed by atoms with Gasteiger partial charge in [0.15, 0.2) is 5.03 Å². The van der Waals surface area contributed by atoms with Crippen LogP contribution in [-0.2, 0) is 16.6 Å². The van der Waals surface area contributed by atoms with E-state index < -0.39 is 10.0 Å². The first kappa shape index (κ1) is 14.1. The van der Waals surface area contributed by atoms with E-state index in [1.54, 1.807) is 4.57 Å². The maximum atomic E-state index is 11.8. The zero-order valence-electron chi connectivity index (χ0n) is 10.3. The van der Waals surface area contributed by atoms with Gasteiger partial charge in [-0.2, -0.15) is 0 Å². The first-order chi connectivity index (χ1) is 8.10. The highest BCUT2D eigenvalue weighted by Gasteiger charge is 2.15.